The van der Waals surface area contributed by atoms with Gasteiger partial charge < -0.3 is 4.90 Å². The standard InChI is InChI=1S/C51H34BrN/c52-35-24-27-43-44-28-26-38(32-50(44)51(49(43)30-35)47-21-11-9-19-41(47)42-20-10-12-22-48(42)51)53(36-15-5-2-6-16-36)37-25-23-34-29-45(33-13-3-1-4-14-33)39-17-7-8-18-40(39)46(34)31-37/h1-28,30-32,45H,29H2. The number of rotatable bonds is 4. The van der Waals surface area contributed by atoms with Crippen LogP contribution in [0.2, 0.25) is 0 Å². The summed E-state index contributed by atoms with van der Waals surface area (Å²) in [5.41, 5.74) is 20.4. The summed E-state index contributed by atoms with van der Waals surface area (Å²) in [4.78, 5) is 2.45. The van der Waals surface area contributed by atoms with Crippen molar-refractivity contribution < 1.29 is 0 Å². The van der Waals surface area contributed by atoms with E-state index in [1.54, 1.807) is 0 Å². The van der Waals surface area contributed by atoms with Gasteiger partial charge in [0.1, 0.15) is 0 Å². The number of nitrogens with zero attached hydrogens (tertiary/aromatic N) is 1. The van der Waals surface area contributed by atoms with Crippen molar-refractivity contribution in [3.05, 3.63) is 231 Å². The molecule has 0 heterocycles. The predicted octanol–water partition coefficient (Wildman–Crippen LogP) is 13.6. The number of hydrogen-bond acceptors (Lipinski definition) is 1. The number of anilines is 3. The summed E-state index contributed by atoms with van der Waals surface area (Å²) < 4.78 is 1.10. The highest BCUT2D eigenvalue weighted by atomic mass is 79.9. The molecule has 3 aliphatic rings. The second-order valence-electron chi connectivity index (χ2n) is 14.5. The molecule has 1 unspecified atom stereocenters. The maximum Gasteiger partial charge on any atom is 0.0726 e. The fourth-order valence-electron chi connectivity index (χ4n) is 9.75. The van der Waals surface area contributed by atoms with E-state index in [1.807, 2.05) is 0 Å². The number of hydrogen-bond donors (Lipinski definition) is 0. The smallest absolute Gasteiger partial charge is 0.0726 e. The third-order valence-electron chi connectivity index (χ3n) is 11.9. The molecule has 250 valence electrons. The van der Waals surface area contributed by atoms with Crippen molar-refractivity contribution in [2.24, 2.45) is 0 Å². The van der Waals surface area contributed by atoms with Gasteiger partial charge in [0.2, 0.25) is 0 Å². The van der Waals surface area contributed by atoms with E-state index in [-0.39, 0.29) is 0 Å². The molecule has 0 aliphatic heterocycles. The Morgan fingerprint density at radius 3 is 1.70 bits per heavy atom. The summed E-state index contributed by atoms with van der Waals surface area (Å²) in [6.07, 6.45) is 0.982. The molecule has 0 aromatic heterocycles. The number of benzene rings is 8. The summed E-state index contributed by atoms with van der Waals surface area (Å²) in [5, 5.41) is 0. The first kappa shape index (κ1) is 30.6. The molecule has 1 spiro atoms. The molecule has 0 fully saturated rings. The Morgan fingerprint density at radius 2 is 0.962 bits per heavy atom. The van der Waals surface area contributed by atoms with Crippen LogP contribution in [0.15, 0.2) is 193 Å². The lowest BCUT2D eigenvalue weighted by molar-refractivity contribution is 0.792. The predicted molar refractivity (Wildman–Crippen MR) is 223 cm³/mol. The van der Waals surface area contributed by atoms with Gasteiger partial charge in [-0.25, -0.2) is 0 Å². The van der Waals surface area contributed by atoms with E-state index in [0.717, 1.165) is 28.0 Å². The fourth-order valence-corrected chi connectivity index (χ4v) is 10.1. The highest BCUT2D eigenvalue weighted by molar-refractivity contribution is 9.10. The maximum absolute atomic E-state index is 3.87. The first-order valence-electron chi connectivity index (χ1n) is 18.5. The Labute approximate surface area is 319 Å². The molecule has 11 rings (SSSR count). The van der Waals surface area contributed by atoms with E-state index < -0.39 is 5.41 Å². The summed E-state index contributed by atoms with van der Waals surface area (Å²) in [7, 11) is 0. The fraction of sp³-hybridized carbons (Fsp3) is 0.0588. The van der Waals surface area contributed by atoms with Crippen LogP contribution in [0.25, 0.3) is 33.4 Å². The lowest BCUT2D eigenvalue weighted by atomic mass is 9.70. The van der Waals surface area contributed by atoms with Gasteiger partial charge in [-0.1, -0.05) is 155 Å². The Balaban J connectivity index is 1.13. The van der Waals surface area contributed by atoms with Crippen LogP contribution in [0.4, 0.5) is 17.1 Å². The first-order chi connectivity index (χ1) is 26.2. The van der Waals surface area contributed by atoms with E-state index in [9.17, 15) is 0 Å². The molecular formula is C51H34BrN. The lowest BCUT2D eigenvalue weighted by Crippen LogP contribution is -2.26. The molecule has 8 aromatic rings. The van der Waals surface area contributed by atoms with E-state index in [2.05, 4.69) is 209 Å². The summed E-state index contributed by atoms with van der Waals surface area (Å²) >= 11 is 3.87. The number of para-hydroxylation sites is 1. The van der Waals surface area contributed by atoms with Gasteiger partial charge in [-0.15, -0.1) is 0 Å². The van der Waals surface area contributed by atoms with Gasteiger partial charge in [0, 0.05) is 27.5 Å². The summed E-state index contributed by atoms with van der Waals surface area (Å²) in [6.45, 7) is 0. The van der Waals surface area contributed by atoms with Crippen LogP contribution < -0.4 is 4.90 Å². The van der Waals surface area contributed by atoms with Gasteiger partial charge in [-0.05, 0) is 127 Å². The maximum atomic E-state index is 3.87. The minimum absolute atomic E-state index is 0.336. The van der Waals surface area contributed by atoms with Gasteiger partial charge in [0.05, 0.1) is 5.41 Å². The van der Waals surface area contributed by atoms with Gasteiger partial charge in [-0.3, -0.25) is 0 Å². The highest BCUT2D eigenvalue weighted by Crippen LogP contribution is 2.63. The number of fused-ring (bicyclic) bond motifs is 13. The van der Waals surface area contributed by atoms with Gasteiger partial charge in [0.25, 0.3) is 0 Å². The van der Waals surface area contributed by atoms with Crippen molar-refractivity contribution in [3.8, 4) is 33.4 Å². The molecule has 8 aromatic carbocycles. The topological polar surface area (TPSA) is 3.24 Å². The molecule has 3 aliphatic carbocycles. The van der Waals surface area contributed by atoms with Crippen LogP contribution >= 0.6 is 15.9 Å². The zero-order chi connectivity index (χ0) is 35.1. The van der Waals surface area contributed by atoms with E-state index >= 15 is 0 Å². The van der Waals surface area contributed by atoms with Gasteiger partial charge >= 0.3 is 0 Å². The van der Waals surface area contributed by atoms with E-state index in [4.69, 9.17) is 0 Å². The van der Waals surface area contributed by atoms with Crippen LogP contribution in [0.1, 0.15) is 44.9 Å². The Hall–Kier alpha value is -5.96. The van der Waals surface area contributed by atoms with Crippen LogP contribution in [0.3, 0.4) is 0 Å². The minimum atomic E-state index is -0.429. The summed E-state index contributed by atoms with van der Waals surface area (Å²) in [6, 6.07) is 70.0. The molecule has 0 radical (unpaired) electrons. The Bertz CT molecular complexity index is 2680. The molecule has 0 amide bonds. The second kappa shape index (κ2) is 11.8. The van der Waals surface area contributed by atoms with Crippen molar-refractivity contribution in [2.45, 2.75) is 17.8 Å². The SMILES string of the molecule is Brc1ccc2c(c1)C1(c3ccccc3-c3ccccc31)c1cc(N(c3ccccc3)c3ccc4c(c3)-c3ccccc3C(c3ccccc3)C4)ccc1-2. The molecule has 1 atom stereocenters. The van der Waals surface area contributed by atoms with Crippen LogP contribution in [0, 0.1) is 0 Å². The molecule has 1 nitrogen and oxygen atoms in total. The van der Waals surface area contributed by atoms with E-state index in [1.165, 1.54) is 72.3 Å². The average Bonchev–Trinajstić information content (AvgIpc) is 3.68. The average molecular weight is 741 g/mol. The Kier molecular flexibility index (Phi) is 6.81. The van der Waals surface area contributed by atoms with Crippen molar-refractivity contribution in [2.75, 3.05) is 4.90 Å². The largest absolute Gasteiger partial charge is 0.310 e. The van der Waals surface area contributed by atoms with Crippen LogP contribution in [-0.4, -0.2) is 0 Å². The summed E-state index contributed by atoms with van der Waals surface area (Å²) in [5.74, 6) is 0.336. The normalized spacial score (nSPS) is 15.2. The van der Waals surface area contributed by atoms with Gasteiger partial charge in [-0.2, -0.15) is 0 Å². The second-order valence-corrected chi connectivity index (χ2v) is 15.4. The van der Waals surface area contributed by atoms with Crippen LogP contribution in [0.5, 0.6) is 0 Å². The molecule has 0 N–H and O–H groups in total. The van der Waals surface area contributed by atoms with Crippen LogP contribution in [-0.2, 0) is 11.8 Å². The van der Waals surface area contributed by atoms with Crippen molar-refractivity contribution in [1.29, 1.82) is 0 Å². The minimum Gasteiger partial charge on any atom is -0.310 e. The molecule has 2 heteroatoms. The first-order valence-corrected chi connectivity index (χ1v) is 19.3. The van der Waals surface area contributed by atoms with Crippen molar-refractivity contribution in [1.82, 2.24) is 0 Å². The van der Waals surface area contributed by atoms with E-state index in [0.29, 0.717) is 5.92 Å². The van der Waals surface area contributed by atoms with Crippen molar-refractivity contribution >= 4 is 33.0 Å². The molecule has 0 saturated heterocycles. The van der Waals surface area contributed by atoms with Crippen molar-refractivity contribution in [3.63, 3.8) is 0 Å². The lowest BCUT2D eigenvalue weighted by Gasteiger charge is -2.33. The molecule has 53 heavy (non-hydrogen) atoms. The Morgan fingerprint density at radius 1 is 0.415 bits per heavy atom. The monoisotopic (exact) mass is 739 g/mol. The molecule has 0 saturated carbocycles. The highest BCUT2D eigenvalue weighted by Gasteiger charge is 2.51. The molecule has 0 bridgehead atoms. The quantitative estimate of drug-likeness (QED) is 0.174. The zero-order valence-electron chi connectivity index (χ0n) is 29.0. The number of halogens is 1. The van der Waals surface area contributed by atoms with Gasteiger partial charge in [0.15, 0.2) is 0 Å². The third kappa shape index (κ3) is 4.43. The third-order valence-corrected chi connectivity index (χ3v) is 12.4. The zero-order valence-corrected chi connectivity index (χ0v) is 30.6. The molecular weight excluding hydrogens is 706 g/mol.